The number of Topliss-reactive ketones (excluding diaryl/α,β-unsaturated/α-hetero) is 1. The predicted octanol–water partition coefficient (Wildman–Crippen LogP) is 1.02. The van der Waals surface area contributed by atoms with Gasteiger partial charge >= 0.3 is 0 Å². The van der Waals surface area contributed by atoms with Crippen molar-refractivity contribution in [2.75, 3.05) is 32.4 Å². The molecule has 1 fully saturated rings. The predicted molar refractivity (Wildman–Crippen MR) is 124 cm³/mol. The van der Waals surface area contributed by atoms with Crippen LogP contribution in [0.25, 0.3) is 10.9 Å². The lowest BCUT2D eigenvalue weighted by Crippen LogP contribution is -2.52. The summed E-state index contributed by atoms with van der Waals surface area (Å²) in [6.45, 7) is 1.04. The highest BCUT2D eigenvalue weighted by molar-refractivity contribution is 7.89. The number of fused-ring (bicyclic) bond motifs is 1. The minimum absolute atomic E-state index is 0.0301. The molecule has 0 bridgehead atoms. The number of H-pyrrole nitrogens is 1. The van der Waals surface area contributed by atoms with Gasteiger partial charge in [-0.3, -0.25) is 19.2 Å². The molecule has 0 spiro atoms. The molecule has 2 aromatic carbocycles. The maximum absolute atomic E-state index is 13.0. The number of aromatic nitrogens is 1. The quantitative estimate of drug-likeness (QED) is 0.412. The van der Waals surface area contributed by atoms with Gasteiger partial charge in [0.1, 0.15) is 0 Å². The van der Waals surface area contributed by atoms with Gasteiger partial charge in [-0.1, -0.05) is 30.3 Å². The van der Waals surface area contributed by atoms with Crippen molar-refractivity contribution >= 4 is 44.4 Å². The Morgan fingerprint density at radius 3 is 2.15 bits per heavy atom. The fraction of sp³-hybridized carbons (Fsp3) is 0.217. The van der Waals surface area contributed by atoms with Crippen molar-refractivity contribution in [1.29, 1.82) is 0 Å². The summed E-state index contributed by atoms with van der Waals surface area (Å²) in [7, 11) is -3.78. The van der Waals surface area contributed by atoms with Crippen LogP contribution >= 0.6 is 0 Å². The molecule has 11 heteroatoms. The van der Waals surface area contributed by atoms with Crippen molar-refractivity contribution in [3.8, 4) is 0 Å². The highest BCUT2D eigenvalue weighted by Gasteiger charge is 2.30. The minimum atomic E-state index is -3.78. The van der Waals surface area contributed by atoms with Gasteiger partial charge in [0.2, 0.25) is 10.0 Å². The summed E-state index contributed by atoms with van der Waals surface area (Å²) in [5, 5.41) is 0.331. The lowest BCUT2D eigenvalue weighted by molar-refractivity contribution is -0.127. The maximum Gasteiger partial charge on any atom is 0.295 e. The Kier molecular flexibility index (Phi) is 6.20. The summed E-state index contributed by atoms with van der Waals surface area (Å²) in [6, 6.07) is 13.3. The molecule has 34 heavy (non-hydrogen) atoms. The van der Waals surface area contributed by atoms with Crippen LogP contribution in [0.15, 0.2) is 54.7 Å². The van der Waals surface area contributed by atoms with Crippen LogP contribution < -0.4 is 4.72 Å². The maximum atomic E-state index is 13.0. The molecule has 176 valence electrons. The van der Waals surface area contributed by atoms with E-state index in [4.69, 9.17) is 0 Å². The minimum Gasteiger partial charge on any atom is -0.360 e. The number of ketones is 1. The Balaban J connectivity index is 1.48. The summed E-state index contributed by atoms with van der Waals surface area (Å²) in [5.41, 5.74) is 0.921. The van der Waals surface area contributed by atoms with Crippen molar-refractivity contribution in [2.45, 2.75) is 0 Å². The number of piperazine rings is 1. The van der Waals surface area contributed by atoms with Gasteiger partial charge in [-0.25, -0.2) is 13.1 Å². The monoisotopic (exact) mass is 482 g/mol. The molecule has 2 heterocycles. The van der Waals surface area contributed by atoms with Crippen LogP contribution in [0.5, 0.6) is 0 Å². The Bertz CT molecular complexity index is 1390. The second-order valence-electron chi connectivity index (χ2n) is 7.91. The molecule has 0 saturated carbocycles. The zero-order valence-electron chi connectivity index (χ0n) is 18.3. The van der Waals surface area contributed by atoms with Crippen molar-refractivity contribution in [2.24, 2.45) is 0 Å². The summed E-state index contributed by atoms with van der Waals surface area (Å²) < 4.78 is 24.7. The Morgan fingerprint density at radius 2 is 1.50 bits per heavy atom. The summed E-state index contributed by atoms with van der Waals surface area (Å²) in [4.78, 5) is 56.6. The molecule has 2 N–H and O–H groups in total. The first-order chi connectivity index (χ1) is 16.2. The van der Waals surface area contributed by atoms with Crippen LogP contribution in [0.2, 0.25) is 0 Å². The molecular weight excluding hydrogens is 460 g/mol. The highest BCUT2D eigenvalue weighted by Crippen LogP contribution is 2.23. The van der Waals surface area contributed by atoms with E-state index in [-0.39, 0.29) is 35.6 Å². The van der Waals surface area contributed by atoms with E-state index in [0.717, 1.165) is 6.26 Å². The third-order valence-electron chi connectivity index (χ3n) is 5.55. The third kappa shape index (κ3) is 4.69. The lowest BCUT2D eigenvalue weighted by Gasteiger charge is -2.34. The SMILES string of the molecule is CS(=O)(=O)NC(=O)c1cccc2c(C(=O)C(=O)N3CCN(C(=O)c4ccccc4)CC3)c[nH]c12. The summed E-state index contributed by atoms with van der Waals surface area (Å²) >= 11 is 0. The normalized spacial score (nSPS) is 14.1. The topological polar surface area (TPSA) is 137 Å². The van der Waals surface area contributed by atoms with E-state index in [1.54, 1.807) is 35.2 Å². The van der Waals surface area contributed by atoms with E-state index < -0.39 is 27.6 Å². The van der Waals surface area contributed by atoms with E-state index >= 15 is 0 Å². The first kappa shape index (κ1) is 23.2. The van der Waals surface area contributed by atoms with E-state index in [9.17, 15) is 27.6 Å². The third-order valence-corrected chi connectivity index (χ3v) is 6.11. The summed E-state index contributed by atoms with van der Waals surface area (Å²) in [6.07, 6.45) is 2.19. The molecule has 1 aliphatic rings. The molecule has 10 nitrogen and oxygen atoms in total. The summed E-state index contributed by atoms with van der Waals surface area (Å²) in [5.74, 6) is -2.44. The van der Waals surface area contributed by atoms with Gasteiger partial charge < -0.3 is 14.8 Å². The zero-order valence-corrected chi connectivity index (χ0v) is 19.1. The van der Waals surface area contributed by atoms with Gasteiger partial charge in [0, 0.05) is 43.3 Å². The second kappa shape index (κ2) is 9.10. The molecule has 4 rings (SSSR count). The molecule has 0 radical (unpaired) electrons. The molecule has 3 amide bonds. The number of sulfonamides is 1. The molecular formula is C23H22N4O6S. The number of carbonyl (C=O) groups is 4. The van der Waals surface area contributed by atoms with Crippen molar-refractivity contribution in [3.05, 3.63) is 71.4 Å². The standard InChI is InChI=1S/C23H22N4O6S/c1-34(32,33)25-21(29)17-9-5-8-16-18(14-24-19(16)17)20(28)23(31)27-12-10-26(11-13-27)22(30)15-6-3-2-4-7-15/h2-9,14,24H,10-13H2,1H3,(H,25,29). The number of aromatic amines is 1. The van der Waals surface area contributed by atoms with Gasteiger partial charge in [0.05, 0.1) is 22.9 Å². The number of nitrogens with one attached hydrogen (secondary N) is 2. The number of carbonyl (C=O) groups excluding carboxylic acids is 4. The van der Waals surface area contributed by atoms with Crippen LogP contribution in [0.3, 0.4) is 0 Å². The second-order valence-corrected chi connectivity index (χ2v) is 9.66. The van der Waals surface area contributed by atoms with Crippen molar-refractivity contribution in [3.63, 3.8) is 0 Å². The molecule has 0 unspecified atom stereocenters. The zero-order chi connectivity index (χ0) is 24.5. The lowest BCUT2D eigenvalue weighted by atomic mass is 10.0. The number of para-hydroxylation sites is 1. The van der Waals surface area contributed by atoms with Crippen LogP contribution in [-0.2, 0) is 14.8 Å². The average Bonchev–Trinajstić information content (AvgIpc) is 3.26. The Labute approximate surface area is 195 Å². The van der Waals surface area contributed by atoms with Crippen LogP contribution in [0.4, 0.5) is 0 Å². The number of nitrogens with zero attached hydrogens (tertiary/aromatic N) is 2. The van der Waals surface area contributed by atoms with Gasteiger partial charge in [0.25, 0.3) is 23.5 Å². The smallest absolute Gasteiger partial charge is 0.295 e. The first-order valence-corrected chi connectivity index (χ1v) is 12.3. The first-order valence-electron chi connectivity index (χ1n) is 10.5. The van der Waals surface area contributed by atoms with Crippen molar-refractivity contribution < 1.29 is 27.6 Å². The van der Waals surface area contributed by atoms with E-state index in [1.807, 2.05) is 10.8 Å². The number of rotatable bonds is 5. The van der Waals surface area contributed by atoms with E-state index in [0.29, 0.717) is 24.0 Å². The molecule has 0 aliphatic carbocycles. The number of benzene rings is 2. The molecule has 1 aliphatic heterocycles. The fourth-order valence-corrected chi connectivity index (χ4v) is 4.34. The molecule has 1 saturated heterocycles. The van der Waals surface area contributed by atoms with E-state index in [1.165, 1.54) is 23.2 Å². The fourth-order valence-electron chi connectivity index (χ4n) is 3.89. The van der Waals surface area contributed by atoms with Crippen molar-refractivity contribution in [1.82, 2.24) is 19.5 Å². The molecule has 0 atom stereocenters. The van der Waals surface area contributed by atoms with Gasteiger partial charge in [-0.05, 0) is 18.2 Å². The van der Waals surface area contributed by atoms with Gasteiger partial charge in [0.15, 0.2) is 0 Å². The molecule has 3 aromatic rings. The number of amides is 3. The van der Waals surface area contributed by atoms with Gasteiger partial charge in [-0.15, -0.1) is 0 Å². The van der Waals surface area contributed by atoms with E-state index in [2.05, 4.69) is 4.98 Å². The van der Waals surface area contributed by atoms with Crippen LogP contribution in [0.1, 0.15) is 31.1 Å². The number of hydrogen-bond donors (Lipinski definition) is 2. The van der Waals surface area contributed by atoms with Gasteiger partial charge in [-0.2, -0.15) is 0 Å². The average molecular weight is 483 g/mol. The Hall–Kier alpha value is -3.99. The largest absolute Gasteiger partial charge is 0.360 e. The van der Waals surface area contributed by atoms with Crippen LogP contribution in [0, 0.1) is 0 Å². The highest BCUT2D eigenvalue weighted by atomic mass is 32.2. The molecule has 1 aromatic heterocycles. The van der Waals surface area contributed by atoms with Crippen LogP contribution in [-0.4, -0.2) is 79.1 Å². The number of hydrogen-bond acceptors (Lipinski definition) is 6. The Morgan fingerprint density at radius 1 is 0.853 bits per heavy atom.